The molecule has 0 bridgehead atoms. The fourth-order valence-electron chi connectivity index (χ4n) is 2.30. The number of para-hydroxylation sites is 2. The summed E-state index contributed by atoms with van der Waals surface area (Å²) in [6.07, 6.45) is 0. The summed E-state index contributed by atoms with van der Waals surface area (Å²) >= 11 is 0. The number of amides is 2. The van der Waals surface area contributed by atoms with Crippen LogP contribution in [0, 0.1) is 5.82 Å². The number of benzene rings is 2. The van der Waals surface area contributed by atoms with Crippen LogP contribution in [-0.4, -0.2) is 17.4 Å². The molecule has 2 N–H and O–H groups in total. The van der Waals surface area contributed by atoms with E-state index in [0.717, 1.165) is 0 Å². The first-order valence-corrected chi connectivity index (χ1v) is 7.12. The Morgan fingerprint density at radius 2 is 1.91 bits per heavy atom. The van der Waals surface area contributed by atoms with Crippen molar-refractivity contribution in [2.24, 2.45) is 0 Å². The maximum Gasteiger partial charge on any atom is 0.278 e. The molecule has 118 valence electrons. The third kappa shape index (κ3) is 2.75. The lowest BCUT2D eigenvalue weighted by Crippen LogP contribution is -2.58. The minimum atomic E-state index is -1.71. The van der Waals surface area contributed by atoms with Gasteiger partial charge in [0.15, 0.2) is 0 Å². The lowest BCUT2D eigenvalue weighted by molar-refractivity contribution is -0.146. The molecule has 0 unspecified atom stereocenters. The first-order chi connectivity index (χ1) is 11.0. The maximum absolute atomic E-state index is 13.6. The van der Waals surface area contributed by atoms with Gasteiger partial charge in [0, 0.05) is 12.1 Å². The quantitative estimate of drug-likeness (QED) is 0.854. The minimum Gasteiger partial charge on any atom is -0.466 e. The molecule has 0 fully saturated rings. The lowest BCUT2D eigenvalue weighted by Gasteiger charge is -2.33. The van der Waals surface area contributed by atoms with Crippen molar-refractivity contribution >= 4 is 17.5 Å². The fraction of sp³-hybridized carbons (Fsp3) is 0.176. The van der Waals surface area contributed by atoms with E-state index < -0.39 is 23.2 Å². The highest BCUT2D eigenvalue weighted by Gasteiger charge is 2.47. The number of halogens is 1. The molecule has 2 aromatic rings. The Kier molecular flexibility index (Phi) is 3.73. The Bertz CT molecular complexity index is 778. The van der Waals surface area contributed by atoms with E-state index in [1.807, 2.05) is 0 Å². The Morgan fingerprint density at radius 1 is 1.22 bits per heavy atom. The number of ether oxygens (including phenoxy) is 1. The zero-order valence-corrected chi connectivity index (χ0v) is 12.4. The summed E-state index contributed by atoms with van der Waals surface area (Å²) in [5.41, 5.74) is -0.863. The van der Waals surface area contributed by atoms with Crippen molar-refractivity contribution in [3.63, 3.8) is 0 Å². The largest absolute Gasteiger partial charge is 0.466 e. The second kappa shape index (κ2) is 5.72. The van der Waals surface area contributed by atoms with E-state index in [0.29, 0.717) is 17.0 Å². The van der Waals surface area contributed by atoms with Gasteiger partial charge >= 0.3 is 0 Å². The second-order valence-corrected chi connectivity index (χ2v) is 5.36. The van der Waals surface area contributed by atoms with Crippen molar-refractivity contribution in [2.75, 3.05) is 5.32 Å². The number of fused-ring (bicyclic) bond motifs is 1. The van der Waals surface area contributed by atoms with Gasteiger partial charge in [-0.05, 0) is 25.1 Å². The van der Waals surface area contributed by atoms with Crippen LogP contribution in [0.5, 0.6) is 5.75 Å². The van der Waals surface area contributed by atoms with E-state index in [1.165, 1.54) is 13.0 Å². The third-order valence-electron chi connectivity index (χ3n) is 3.71. The van der Waals surface area contributed by atoms with Crippen LogP contribution in [0.4, 0.5) is 10.1 Å². The standard InChI is InChI=1S/C17H15FN2O3/c1-17(15(21)19-10-11-6-2-3-7-12(11)18)16(22)20-13-8-4-5-9-14(13)23-17/h2-9H,10H2,1H3,(H,19,21)(H,20,22)/t17-/m0/s1. The predicted octanol–water partition coefficient (Wildman–Crippen LogP) is 2.23. The maximum atomic E-state index is 13.6. The van der Waals surface area contributed by atoms with Crippen LogP contribution in [0.2, 0.25) is 0 Å². The first kappa shape index (κ1) is 15.0. The predicted molar refractivity (Wildman–Crippen MR) is 82.4 cm³/mol. The van der Waals surface area contributed by atoms with Gasteiger partial charge in [-0.2, -0.15) is 0 Å². The molecule has 0 saturated carbocycles. The molecule has 0 spiro atoms. The molecule has 1 aliphatic heterocycles. The van der Waals surface area contributed by atoms with Gasteiger partial charge in [0.25, 0.3) is 17.4 Å². The van der Waals surface area contributed by atoms with E-state index in [-0.39, 0.29) is 6.54 Å². The SMILES string of the molecule is C[C@@]1(C(=O)NCc2ccccc2F)Oc2ccccc2NC1=O. The van der Waals surface area contributed by atoms with Crippen molar-refractivity contribution in [3.05, 3.63) is 59.9 Å². The van der Waals surface area contributed by atoms with Crippen LogP contribution >= 0.6 is 0 Å². The Morgan fingerprint density at radius 3 is 2.70 bits per heavy atom. The summed E-state index contributed by atoms with van der Waals surface area (Å²) in [4.78, 5) is 24.6. The van der Waals surface area contributed by atoms with Crippen molar-refractivity contribution in [1.29, 1.82) is 0 Å². The molecule has 2 amide bonds. The van der Waals surface area contributed by atoms with Crippen LogP contribution in [0.1, 0.15) is 12.5 Å². The molecule has 2 aromatic carbocycles. The Hall–Kier alpha value is -2.89. The summed E-state index contributed by atoms with van der Waals surface area (Å²) in [7, 11) is 0. The lowest BCUT2D eigenvalue weighted by atomic mass is 10.0. The average molecular weight is 314 g/mol. The zero-order valence-electron chi connectivity index (χ0n) is 12.4. The number of nitrogens with one attached hydrogen (secondary N) is 2. The molecule has 1 heterocycles. The van der Waals surface area contributed by atoms with Crippen molar-refractivity contribution in [3.8, 4) is 5.75 Å². The summed E-state index contributed by atoms with van der Waals surface area (Å²) in [6, 6.07) is 13.0. The molecular weight excluding hydrogens is 299 g/mol. The van der Waals surface area contributed by atoms with Crippen molar-refractivity contribution in [2.45, 2.75) is 19.1 Å². The molecule has 1 atom stereocenters. The minimum absolute atomic E-state index is 0.0284. The molecule has 6 heteroatoms. The van der Waals surface area contributed by atoms with Gasteiger partial charge in [0.2, 0.25) is 0 Å². The van der Waals surface area contributed by atoms with E-state index in [2.05, 4.69) is 10.6 Å². The average Bonchev–Trinajstić information content (AvgIpc) is 2.55. The number of carbonyl (C=O) groups is 2. The third-order valence-corrected chi connectivity index (χ3v) is 3.71. The summed E-state index contributed by atoms with van der Waals surface area (Å²) in [5.74, 6) is -1.21. The van der Waals surface area contributed by atoms with Gasteiger partial charge in [-0.15, -0.1) is 0 Å². The van der Waals surface area contributed by atoms with Gasteiger partial charge in [0.1, 0.15) is 11.6 Å². The Balaban J connectivity index is 1.76. The number of carbonyl (C=O) groups excluding carboxylic acids is 2. The van der Waals surface area contributed by atoms with E-state index >= 15 is 0 Å². The number of rotatable bonds is 3. The Labute approximate surface area is 132 Å². The van der Waals surface area contributed by atoms with Gasteiger partial charge in [-0.1, -0.05) is 30.3 Å². The van der Waals surface area contributed by atoms with Crippen LogP contribution in [0.15, 0.2) is 48.5 Å². The highest BCUT2D eigenvalue weighted by atomic mass is 19.1. The van der Waals surface area contributed by atoms with Crippen molar-refractivity contribution in [1.82, 2.24) is 5.32 Å². The van der Waals surface area contributed by atoms with E-state index in [4.69, 9.17) is 4.74 Å². The smallest absolute Gasteiger partial charge is 0.278 e. The number of hydrogen-bond acceptors (Lipinski definition) is 3. The van der Waals surface area contributed by atoms with Gasteiger partial charge in [0.05, 0.1) is 5.69 Å². The van der Waals surface area contributed by atoms with Crippen LogP contribution < -0.4 is 15.4 Å². The molecule has 0 saturated heterocycles. The summed E-state index contributed by atoms with van der Waals surface area (Å²) in [5, 5.41) is 5.19. The van der Waals surface area contributed by atoms with E-state index in [1.54, 1.807) is 42.5 Å². The first-order valence-electron chi connectivity index (χ1n) is 7.12. The topological polar surface area (TPSA) is 67.4 Å². The van der Waals surface area contributed by atoms with Crippen molar-refractivity contribution < 1.29 is 18.7 Å². The van der Waals surface area contributed by atoms with Crippen LogP contribution in [0.3, 0.4) is 0 Å². The summed E-state index contributed by atoms with van der Waals surface area (Å²) < 4.78 is 19.2. The van der Waals surface area contributed by atoms with Crippen LogP contribution in [0.25, 0.3) is 0 Å². The van der Waals surface area contributed by atoms with Crippen LogP contribution in [-0.2, 0) is 16.1 Å². The van der Waals surface area contributed by atoms with Gasteiger partial charge in [-0.25, -0.2) is 4.39 Å². The highest BCUT2D eigenvalue weighted by molar-refractivity contribution is 6.15. The molecule has 1 aliphatic rings. The van der Waals surface area contributed by atoms with Gasteiger partial charge in [-0.3, -0.25) is 9.59 Å². The van der Waals surface area contributed by atoms with E-state index in [9.17, 15) is 14.0 Å². The normalized spacial score (nSPS) is 19.3. The molecule has 23 heavy (non-hydrogen) atoms. The molecular formula is C17H15FN2O3. The number of hydrogen-bond donors (Lipinski definition) is 2. The fourth-order valence-corrected chi connectivity index (χ4v) is 2.30. The second-order valence-electron chi connectivity index (χ2n) is 5.36. The summed E-state index contributed by atoms with van der Waals surface area (Å²) in [6.45, 7) is 1.36. The highest BCUT2D eigenvalue weighted by Crippen LogP contribution is 2.33. The monoisotopic (exact) mass is 314 g/mol. The molecule has 0 radical (unpaired) electrons. The molecule has 5 nitrogen and oxygen atoms in total. The molecule has 0 aliphatic carbocycles. The van der Waals surface area contributed by atoms with Gasteiger partial charge < -0.3 is 15.4 Å². The zero-order chi connectivity index (χ0) is 16.4. The molecule has 3 rings (SSSR count). The molecule has 0 aromatic heterocycles. The number of anilines is 1.